The molecule has 98 valence electrons. The number of ketones is 1. The number of Topliss-reactive ketones (excluding diaryl/α,β-unsaturated/α-hetero) is 1. The van der Waals surface area contributed by atoms with Gasteiger partial charge in [-0.05, 0) is 6.07 Å². The number of piperidine rings is 1. The number of hydrogen-bond donors (Lipinski definition) is 1. The predicted molar refractivity (Wildman–Crippen MR) is 76.4 cm³/mol. The molecule has 0 radical (unpaired) electrons. The second kappa shape index (κ2) is 4.66. The molecule has 0 spiro atoms. The molecule has 1 aromatic carbocycles. The Morgan fingerprint density at radius 3 is 2.63 bits per heavy atom. The van der Waals surface area contributed by atoms with E-state index in [1.165, 1.54) is 11.3 Å². The number of thiophene rings is 1. The molecular formula is C14H14N2O2S. The van der Waals surface area contributed by atoms with Gasteiger partial charge < -0.3 is 10.6 Å². The van der Waals surface area contributed by atoms with Crippen LogP contribution in [0.5, 0.6) is 0 Å². The molecule has 2 aromatic rings. The van der Waals surface area contributed by atoms with Crippen LogP contribution in [0.15, 0.2) is 24.3 Å². The van der Waals surface area contributed by atoms with Gasteiger partial charge in [0.2, 0.25) is 0 Å². The summed E-state index contributed by atoms with van der Waals surface area (Å²) in [5.41, 5.74) is 6.58. The highest BCUT2D eigenvalue weighted by atomic mass is 32.1. The van der Waals surface area contributed by atoms with E-state index >= 15 is 0 Å². The normalized spacial score (nSPS) is 16.0. The van der Waals surface area contributed by atoms with Crippen LogP contribution in [0.4, 0.5) is 5.00 Å². The Labute approximate surface area is 114 Å². The van der Waals surface area contributed by atoms with Crippen molar-refractivity contribution in [1.29, 1.82) is 0 Å². The van der Waals surface area contributed by atoms with E-state index in [1.807, 2.05) is 24.3 Å². The van der Waals surface area contributed by atoms with E-state index in [-0.39, 0.29) is 11.7 Å². The zero-order chi connectivity index (χ0) is 13.4. The third-order valence-corrected chi connectivity index (χ3v) is 4.44. The van der Waals surface area contributed by atoms with Crippen LogP contribution in [0.3, 0.4) is 0 Å². The summed E-state index contributed by atoms with van der Waals surface area (Å²) in [6.07, 6.45) is 0.904. The topological polar surface area (TPSA) is 63.4 Å². The van der Waals surface area contributed by atoms with Gasteiger partial charge in [0.1, 0.15) is 5.78 Å². The number of nitrogens with two attached hydrogens (primary N) is 1. The summed E-state index contributed by atoms with van der Waals surface area (Å²) in [6.45, 7) is 1.00. The van der Waals surface area contributed by atoms with Crippen molar-refractivity contribution in [3.8, 4) is 0 Å². The number of carbonyl (C=O) groups is 2. The zero-order valence-electron chi connectivity index (χ0n) is 10.4. The van der Waals surface area contributed by atoms with Crippen LogP contribution in [-0.2, 0) is 4.79 Å². The number of rotatable bonds is 1. The van der Waals surface area contributed by atoms with Gasteiger partial charge >= 0.3 is 0 Å². The first-order chi connectivity index (χ1) is 9.16. The maximum atomic E-state index is 12.5. The van der Waals surface area contributed by atoms with Gasteiger partial charge in [-0.25, -0.2) is 0 Å². The van der Waals surface area contributed by atoms with E-state index in [9.17, 15) is 9.59 Å². The second-order valence-electron chi connectivity index (χ2n) is 4.67. The van der Waals surface area contributed by atoms with Crippen molar-refractivity contribution in [2.45, 2.75) is 12.8 Å². The highest BCUT2D eigenvalue weighted by Crippen LogP contribution is 2.34. The van der Waals surface area contributed by atoms with Crippen LogP contribution in [-0.4, -0.2) is 29.7 Å². The molecule has 0 atom stereocenters. The van der Waals surface area contributed by atoms with Crippen molar-refractivity contribution in [3.63, 3.8) is 0 Å². The lowest BCUT2D eigenvalue weighted by atomic mass is 10.1. The molecule has 1 fully saturated rings. The van der Waals surface area contributed by atoms with Gasteiger partial charge in [-0.2, -0.15) is 0 Å². The maximum absolute atomic E-state index is 12.5. The van der Waals surface area contributed by atoms with E-state index in [0.717, 1.165) is 10.1 Å². The molecule has 0 aliphatic carbocycles. The largest absolute Gasteiger partial charge is 0.390 e. The van der Waals surface area contributed by atoms with Crippen LogP contribution in [0.1, 0.15) is 23.2 Å². The molecule has 0 saturated carbocycles. The fourth-order valence-corrected chi connectivity index (χ4v) is 3.37. The molecule has 1 aromatic heterocycles. The quantitative estimate of drug-likeness (QED) is 0.867. The maximum Gasteiger partial charge on any atom is 0.257 e. The van der Waals surface area contributed by atoms with E-state index in [4.69, 9.17) is 5.73 Å². The minimum Gasteiger partial charge on any atom is -0.390 e. The number of fused-ring (bicyclic) bond motifs is 1. The number of carbonyl (C=O) groups excluding carboxylic acids is 2. The predicted octanol–water partition coefficient (Wildman–Crippen LogP) is 2.29. The zero-order valence-corrected chi connectivity index (χ0v) is 11.2. The Balaban J connectivity index is 1.97. The molecule has 1 aliphatic rings. The summed E-state index contributed by atoms with van der Waals surface area (Å²) in [7, 11) is 0. The highest BCUT2D eigenvalue weighted by Gasteiger charge is 2.25. The summed E-state index contributed by atoms with van der Waals surface area (Å²) in [6, 6.07) is 7.73. The van der Waals surface area contributed by atoms with E-state index < -0.39 is 0 Å². The van der Waals surface area contributed by atoms with Gasteiger partial charge in [0.25, 0.3) is 5.91 Å². The number of anilines is 1. The van der Waals surface area contributed by atoms with Crippen molar-refractivity contribution < 1.29 is 9.59 Å². The molecule has 2 heterocycles. The number of hydrogen-bond acceptors (Lipinski definition) is 4. The summed E-state index contributed by atoms with van der Waals surface area (Å²) >= 11 is 1.43. The first-order valence-electron chi connectivity index (χ1n) is 6.25. The lowest BCUT2D eigenvalue weighted by Gasteiger charge is -2.26. The van der Waals surface area contributed by atoms with Crippen molar-refractivity contribution in [3.05, 3.63) is 29.8 Å². The molecule has 0 unspecified atom stereocenters. The lowest BCUT2D eigenvalue weighted by Crippen LogP contribution is -2.38. The van der Waals surface area contributed by atoms with Crippen LogP contribution >= 0.6 is 11.3 Å². The summed E-state index contributed by atoms with van der Waals surface area (Å²) in [5.74, 6) is 0.176. The monoisotopic (exact) mass is 274 g/mol. The Morgan fingerprint density at radius 1 is 1.21 bits per heavy atom. The molecule has 5 heteroatoms. The average molecular weight is 274 g/mol. The first-order valence-corrected chi connectivity index (χ1v) is 7.06. The molecule has 3 rings (SSSR count). The molecular weight excluding hydrogens is 260 g/mol. The van der Waals surface area contributed by atoms with Gasteiger partial charge in [0.15, 0.2) is 0 Å². The van der Waals surface area contributed by atoms with Gasteiger partial charge in [-0.3, -0.25) is 9.59 Å². The van der Waals surface area contributed by atoms with Crippen molar-refractivity contribution in [1.82, 2.24) is 4.90 Å². The third-order valence-electron chi connectivity index (χ3n) is 3.44. The highest BCUT2D eigenvalue weighted by molar-refractivity contribution is 7.23. The number of likely N-dealkylation sites (tertiary alicyclic amines) is 1. The smallest absolute Gasteiger partial charge is 0.257 e. The minimum absolute atomic E-state index is 0.0533. The Bertz CT molecular complexity index is 653. The van der Waals surface area contributed by atoms with Crippen LogP contribution < -0.4 is 5.73 Å². The number of amides is 1. The molecule has 1 aliphatic heterocycles. The molecule has 1 amide bonds. The van der Waals surface area contributed by atoms with E-state index in [1.54, 1.807) is 4.90 Å². The van der Waals surface area contributed by atoms with Gasteiger partial charge in [-0.1, -0.05) is 18.2 Å². The van der Waals surface area contributed by atoms with E-state index in [0.29, 0.717) is 36.5 Å². The summed E-state index contributed by atoms with van der Waals surface area (Å²) < 4.78 is 1.02. The van der Waals surface area contributed by atoms with Gasteiger partial charge in [0.05, 0.1) is 10.6 Å². The van der Waals surface area contributed by atoms with Crippen molar-refractivity contribution >= 4 is 38.1 Å². The van der Waals surface area contributed by atoms with Crippen LogP contribution in [0.25, 0.3) is 10.1 Å². The third kappa shape index (κ3) is 2.10. The number of nitrogens with zero attached hydrogens (tertiary/aromatic N) is 1. The molecule has 1 saturated heterocycles. The fourth-order valence-electron chi connectivity index (χ4n) is 2.40. The molecule has 19 heavy (non-hydrogen) atoms. The molecule has 0 bridgehead atoms. The standard InChI is InChI=1S/C14H14N2O2S/c15-13-12(10-3-1-2-4-11(10)19-13)14(18)16-7-5-9(17)6-8-16/h1-4H,5-8,15H2. The summed E-state index contributed by atoms with van der Waals surface area (Å²) in [4.78, 5) is 25.5. The van der Waals surface area contributed by atoms with Crippen LogP contribution in [0, 0.1) is 0 Å². The minimum atomic E-state index is -0.0533. The lowest BCUT2D eigenvalue weighted by molar-refractivity contribution is -0.120. The average Bonchev–Trinajstić information content (AvgIpc) is 2.74. The number of nitrogen functional groups attached to an aromatic ring is 1. The van der Waals surface area contributed by atoms with Gasteiger partial charge in [-0.15, -0.1) is 11.3 Å². The SMILES string of the molecule is Nc1sc2ccccc2c1C(=O)N1CCC(=O)CC1. The van der Waals surface area contributed by atoms with Crippen molar-refractivity contribution in [2.24, 2.45) is 0 Å². The molecule has 4 nitrogen and oxygen atoms in total. The Morgan fingerprint density at radius 2 is 1.89 bits per heavy atom. The fraction of sp³-hybridized carbons (Fsp3) is 0.286. The van der Waals surface area contributed by atoms with E-state index in [2.05, 4.69) is 0 Å². The second-order valence-corrected chi connectivity index (χ2v) is 5.75. The molecule has 2 N–H and O–H groups in total. The Kier molecular flexibility index (Phi) is 2.98. The first kappa shape index (κ1) is 12.2. The summed E-state index contributed by atoms with van der Waals surface area (Å²) in [5, 5.41) is 1.47. The Hall–Kier alpha value is -1.88. The van der Waals surface area contributed by atoms with Gasteiger partial charge in [0, 0.05) is 36.0 Å². The van der Waals surface area contributed by atoms with Crippen molar-refractivity contribution in [2.75, 3.05) is 18.8 Å². The number of benzene rings is 1. The van der Waals surface area contributed by atoms with Crippen LogP contribution in [0.2, 0.25) is 0 Å².